The summed E-state index contributed by atoms with van der Waals surface area (Å²) in [5, 5.41) is 10.1. The predicted molar refractivity (Wildman–Crippen MR) is 93.1 cm³/mol. The fourth-order valence-electron chi connectivity index (χ4n) is 2.27. The second-order valence-corrected chi connectivity index (χ2v) is 6.14. The van der Waals surface area contributed by atoms with Crippen LogP contribution in [0.25, 0.3) is 5.69 Å². The molecule has 146 valence electrons. The Morgan fingerprint density at radius 3 is 2.41 bits per heavy atom. The summed E-state index contributed by atoms with van der Waals surface area (Å²) in [5.41, 5.74) is -5.02. The van der Waals surface area contributed by atoms with Crippen LogP contribution in [0.15, 0.2) is 27.8 Å². The quantitative estimate of drug-likeness (QED) is 0.465. The van der Waals surface area contributed by atoms with Gasteiger partial charge < -0.3 is 0 Å². The van der Waals surface area contributed by atoms with E-state index in [1.165, 1.54) is 0 Å². The van der Waals surface area contributed by atoms with Gasteiger partial charge in [0.05, 0.1) is 10.7 Å². The Balaban J connectivity index is 2.80. The van der Waals surface area contributed by atoms with E-state index in [0.29, 0.717) is 5.06 Å². The van der Waals surface area contributed by atoms with E-state index in [-0.39, 0.29) is 37.3 Å². The van der Waals surface area contributed by atoms with Gasteiger partial charge in [0.1, 0.15) is 16.5 Å². The molecule has 0 amide bonds. The number of hydrogen-bond acceptors (Lipinski definition) is 4. The van der Waals surface area contributed by atoms with Crippen LogP contribution >= 0.6 is 23.8 Å². The van der Waals surface area contributed by atoms with Crippen molar-refractivity contribution in [3.63, 3.8) is 0 Å². The molecule has 0 unspecified atom stereocenters. The Labute approximate surface area is 159 Å². The van der Waals surface area contributed by atoms with Gasteiger partial charge >= 0.3 is 11.9 Å². The summed E-state index contributed by atoms with van der Waals surface area (Å²) >= 11 is 10.9. The van der Waals surface area contributed by atoms with Gasteiger partial charge in [-0.25, -0.2) is 18.8 Å². The van der Waals surface area contributed by atoms with Crippen LogP contribution < -0.4 is 11.2 Å². The molecule has 1 aromatic carbocycles. The fraction of sp³-hybridized carbons (Fsp3) is 0.267. The Kier molecular flexibility index (Phi) is 5.78. The molecule has 0 radical (unpaired) electrons. The molecule has 0 aliphatic carbocycles. The molecule has 0 aliphatic heterocycles. The summed E-state index contributed by atoms with van der Waals surface area (Å²) in [6, 6.07) is 1.83. The first-order chi connectivity index (χ1) is 12.4. The van der Waals surface area contributed by atoms with Crippen LogP contribution in [-0.4, -0.2) is 30.9 Å². The second-order valence-electron chi connectivity index (χ2n) is 5.35. The summed E-state index contributed by atoms with van der Waals surface area (Å²) in [4.78, 5) is 24.2. The first-order valence-corrected chi connectivity index (χ1v) is 8.09. The number of benzene rings is 1. The second kappa shape index (κ2) is 7.41. The maximum Gasteiger partial charge on any atom is 0.431 e. The molecular formula is C15H12ClF4N3O3S. The van der Waals surface area contributed by atoms with Crippen LogP contribution in [0.3, 0.4) is 0 Å². The van der Waals surface area contributed by atoms with E-state index in [4.69, 9.17) is 23.8 Å². The number of thiocarbonyl (C=S) groups is 1. The van der Waals surface area contributed by atoms with Crippen LogP contribution in [0.1, 0.15) is 18.2 Å². The lowest BCUT2D eigenvalue weighted by Gasteiger charge is -2.18. The SMILES string of the molecule is CCN(O)C(=S)c1cc(-n2c(=O)cc(C(F)(F)F)n(C)c2=O)c(F)cc1Cl. The zero-order chi connectivity index (χ0) is 20.7. The number of halogens is 5. The van der Waals surface area contributed by atoms with E-state index >= 15 is 0 Å². The van der Waals surface area contributed by atoms with Crippen LogP contribution in [-0.2, 0) is 13.2 Å². The minimum Gasteiger partial charge on any atom is -0.292 e. The molecule has 1 heterocycles. The van der Waals surface area contributed by atoms with Gasteiger partial charge in [-0.05, 0) is 19.1 Å². The molecule has 0 aliphatic rings. The zero-order valence-electron chi connectivity index (χ0n) is 13.8. The number of hydrogen-bond donors (Lipinski definition) is 1. The lowest BCUT2D eigenvalue weighted by molar-refractivity contribution is -0.144. The van der Waals surface area contributed by atoms with E-state index in [0.717, 1.165) is 19.2 Å². The molecule has 0 atom stereocenters. The van der Waals surface area contributed by atoms with Crippen LogP contribution in [0, 0.1) is 5.82 Å². The van der Waals surface area contributed by atoms with Gasteiger partial charge in [-0.2, -0.15) is 13.2 Å². The third-order valence-corrected chi connectivity index (χ3v) is 4.40. The molecule has 2 rings (SSSR count). The Morgan fingerprint density at radius 1 is 1.30 bits per heavy atom. The Bertz CT molecular complexity index is 1030. The van der Waals surface area contributed by atoms with Crippen LogP contribution in [0.5, 0.6) is 0 Å². The molecule has 1 N–H and O–H groups in total. The van der Waals surface area contributed by atoms with Gasteiger partial charge in [0.2, 0.25) is 0 Å². The maximum atomic E-state index is 14.4. The molecule has 0 bridgehead atoms. The van der Waals surface area contributed by atoms with Gasteiger partial charge in [-0.15, -0.1) is 0 Å². The molecule has 6 nitrogen and oxygen atoms in total. The number of aromatic nitrogens is 2. The van der Waals surface area contributed by atoms with Crippen molar-refractivity contribution in [3.8, 4) is 5.69 Å². The van der Waals surface area contributed by atoms with E-state index in [2.05, 4.69) is 0 Å². The normalized spacial score (nSPS) is 11.6. The lowest BCUT2D eigenvalue weighted by atomic mass is 10.1. The van der Waals surface area contributed by atoms with Crippen molar-refractivity contribution >= 4 is 28.8 Å². The highest BCUT2D eigenvalue weighted by atomic mass is 35.5. The monoisotopic (exact) mass is 425 g/mol. The number of hydroxylamine groups is 2. The number of alkyl halides is 3. The predicted octanol–water partition coefficient (Wildman–Crippen LogP) is 2.73. The van der Waals surface area contributed by atoms with Crippen molar-refractivity contribution in [3.05, 3.63) is 61.1 Å². The maximum absolute atomic E-state index is 14.4. The molecule has 12 heteroatoms. The highest BCUT2D eigenvalue weighted by Gasteiger charge is 2.35. The third kappa shape index (κ3) is 3.89. The van der Waals surface area contributed by atoms with E-state index < -0.39 is 34.6 Å². The van der Waals surface area contributed by atoms with Crippen molar-refractivity contribution in [2.24, 2.45) is 7.05 Å². The topological polar surface area (TPSA) is 67.5 Å². The van der Waals surface area contributed by atoms with Gasteiger partial charge in [0.15, 0.2) is 0 Å². The first-order valence-electron chi connectivity index (χ1n) is 7.30. The van der Waals surface area contributed by atoms with Crippen molar-refractivity contribution in [2.45, 2.75) is 13.1 Å². The molecule has 2 aromatic rings. The molecule has 0 fully saturated rings. The van der Waals surface area contributed by atoms with Crippen molar-refractivity contribution in [2.75, 3.05) is 6.54 Å². The van der Waals surface area contributed by atoms with E-state index in [1.54, 1.807) is 6.92 Å². The van der Waals surface area contributed by atoms with E-state index in [9.17, 15) is 32.4 Å². The van der Waals surface area contributed by atoms with Crippen LogP contribution in [0.4, 0.5) is 17.6 Å². The van der Waals surface area contributed by atoms with E-state index in [1.807, 2.05) is 0 Å². The van der Waals surface area contributed by atoms with Gasteiger partial charge in [0.25, 0.3) is 5.56 Å². The van der Waals surface area contributed by atoms with Crippen molar-refractivity contribution in [1.29, 1.82) is 0 Å². The largest absolute Gasteiger partial charge is 0.431 e. The molecule has 27 heavy (non-hydrogen) atoms. The highest BCUT2D eigenvalue weighted by molar-refractivity contribution is 7.80. The summed E-state index contributed by atoms with van der Waals surface area (Å²) in [6.07, 6.45) is -4.95. The minimum absolute atomic E-state index is 0.0594. The average molecular weight is 426 g/mol. The molecule has 1 aromatic heterocycles. The molecule has 0 spiro atoms. The third-order valence-electron chi connectivity index (χ3n) is 3.65. The van der Waals surface area contributed by atoms with Crippen molar-refractivity contribution in [1.82, 2.24) is 14.2 Å². The standard InChI is InChI=1S/C15H12ClF4N3O3S/c1-3-22(26)13(27)7-4-10(9(17)5-8(7)16)23-12(24)6-11(15(18,19)20)21(2)14(23)25/h4-6,26H,3H2,1-2H3. The molecule has 0 saturated heterocycles. The smallest absolute Gasteiger partial charge is 0.292 e. The fourth-order valence-corrected chi connectivity index (χ4v) is 2.87. The van der Waals surface area contributed by atoms with Gasteiger partial charge in [-0.3, -0.25) is 14.6 Å². The minimum atomic E-state index is -4.95. The summed E-state index contributed by atoms with van der Waals surface area (Å²) in [5.74, 6) is -1.13. The highest BCUT2D eigenvalue weighted by Crippen LogP contribution is 2.28. The van der Waals surface area contributed by atoms with Crippen molar-refractivity contribution < 1.29 is 22.8 Å². The first kappa shape index (κ1) is 21.1. The molecule has 0 saturated carbocycles. The Morgan fingerprint density at radius 2 is 1.89 bits per heavy atom. The van der Waals surface area contributed by atoms with Crippen LogP contribution in [0.2, 0.25) is 5.02 Å². The lowest BCUT2D eigenvalue weighted by Crippen LogP contribution is -2.41. The Hall–Kier alpha value is -2.24. The van der Waals surface area contributed by atoms with Gasteiger partial charge in [0, 0.05) is 25.2 Å². The summed E-state index contributed by atoms with van der Waals surface area (Å²) < 4.78 is 53.5. The average Bonchev–Trinajstić information content (AvgIpc) is 2.57. The zero-order valence-corrected chi connectivity index (χ0v) is 15.4. The number of rotatable bonds is 3. The number of nitrogens with zero attached hydrogens (tertiary/aromatic N) is 3. The summed E-state index contributed by atoms with van der Waals surface area (Å²) in [6.45, 7) is 1.62. The summed E-state index contributed by atoms with van der Waals surface area (Å²) in [7, 11) is 0.799. The molecular weight excluding hydrogens is 414 g/mol. The van der Waals surface area contributed by atoms with Gasteiger partial charge in [-0.1, -0.05) is 23.8 Å².